The first-order valence-corrected chi connectivity index (χ1v) is 11.1. The summed E-state index contributed by atoms with van der Waals surface area (Å²) in [5.41, 5.74) is 2.15. The van der Waals surface area contributed by atoms with E-state index in [-0.39, 0.29) is 11.4 Å². The van der Waals surface area contributed by atoms with Gasteiger partial charge in [-0.15, -0.1) is 5.10 Å². The van der Waals surface area contributed by atoms with E-state index in [2.05, 4.69) is 38.2 Å². The van der Waals surface area contributed by atoms with Crippen molar-refractivity contribution in [3.63, 3.8) is 0 Å². The molecule has 2 aliphatic heterocycles. The predicted molar refractivity (Wildman–Crippen MR) is 123 cm³/mol. The number of thioether (sulfide) groups is 2. The second kappa shape index (κ2) is 8.56. The van der Waals surface area contributed by atoms with Crippen molar-refractivity contribution in [2.75, 3.05) is 7.11 Å². The van der Waals surface area contributed by atoms with Crippen molar-refractivity contribution in [2.24, 2.45) is 10.1 Å². The van der Waals surface area contributed by atoms with Crippen LogP contribution in [0.4, 0.5) is 0 Å². The summed E-state index contributed by atoms with van der Waals surface area (Å²) < 4.78 is 6.75. The number of benzene rings is 2. The second-order valence-electron chi connectivity index (χ2n) is 6.05. The van der Waals surface area contributed by atoms with Gasteiger partial charge in [-0.25, -0.2) is 0 Å². The number of halogens is 1. The number of fused-ring (bicyclic) bond motifs is 1. The molecular formula is C20H15BrN4O2S2. The molecule has 0 aliphatic carbocycles. The van der Waals surface area contributed by atoms with Gasteiger partial charge in [0.1, 0.15) is 5.75 Å². The van der Waals surface area contributed by atoms with E-state index in [1.54, 1.807) is 31.0 Å². The zero-order valence-corrected chi connectivity index (χ0v) is 18.5. The van der Waals surface area contributed by atoms with Gasteiger partial charge in [0.15, 0.2) is 10.2 Å². The minimum absolute atomic E-state index is 0.0229. The zero-order chi connectivity index (χ0) is 20.4. The van der Waals surface area contributed by atoms with Crippen LogP contribution in [0.25, 0.3) is 6.08 Å². The Balaban J connectivity index is 1.54. The number of amidine groups is 2. The molecule has 0 fully saturated rings. The SMILES string of the molecule is COc1ccc(/C=C2/C(=N)N3N=C(SCc4ccccc4)SC3=NC2=O)cc1Br. The van der Waals surface area contributed by atoms with E-state index in [4.69, 9.17) is 10.1 Å². The summed E-state index contributed by atoms with van der Waals surface area (Å²) in [6.45, 7) is 0. The molecule has 0 saturated carbocycles. The van der Waals surface area contributed by atoms with E-state index < -0.39 is 5.91 Å². The van der Waals surface area contributed by atoms with Gasteiger partial charge >= 0.3 is 0 Å². The van der Waals surface area contributed by atoms with E-state index in [0.717, 1.165) is 20.2 Å². The highest BCUT2D eigenvalue weighted by Crippen LogP contribution is 2.34. The van der Waals surface area contributed by atoms with Crippen molar-refractivity contribution in [1.82, 2.24) is 5.01 Å². The molecule has 2 aliphatic rings. The van der Waals surface area contributed by atoms with E-state index in [9.17, 15) is 4.79 Å². The highest BCUT2D eigenvalue weighted by Gasteiger charge is 2.35. The lowest BCUT2D eigenvalue weighted by molar-refractivity contribution is -0.114. The van der Waals surface area contributed by atoms with Gasteiger partial charge in [-0.3, -0.25) is 10.2 Å². The number of methoxy groups -OCH3 is 1. The molecule has 6 nitrogen and oxygen atoms in total. The number of nitrogens with zero attached hydrogens (tertiary/aromatic N) is 3. The fraction of sp³-hybridized carbons (Fsp3) is 0.100. The summed E-state index contributed by atoms with van der Waals surface area (Å²) in [4.78, 5) is 16.6. The molecule has 29 heavy (non-hydrogen) atoms. The molecule has 0 radical (unpaired) electrons. The normalized spacial score (nSPS) is 17.3. The molecule has 2 aromatic rings. The quantitative estimate of drug-likeness (QED) is 0.617. The Morgan fingerprint density at radius 1 is 1.28 bits per heavy atom. The minimum atomic E-state index is -0.440. The van der Waals surface area contributed by atoms with Gasteiger partial charge in [0.25, 0.3) is 5.91 Å². The highest BCUT2D eigenvalue weighted by atomic mass is 79.9. The molecule has 0 bridgehead atoms. The van der Waals surface area contributed by atoms with Gasteiger partial charge in [-0.05, 0) is 57.0 Å². The molecule has 1 N–H and O–H groups in total. The van der Waals surface area contributed by atoms with Crippen molar-refractivity contribution in [3.05, 3.63) is 69.7 Å². The topological polar surface area (TPSA) is 78.1 Å². The van der Waals surface area contributed by atoms with Gasteiger partial charge in [0.05, 0.1) is 17.2 Å². The van der Waals surface area contributed by atoms with Crippen LogP contribution in [0.5, 0.6) is 5.75 Å². The highest BCUT2D eigenvalue weighted by molar-refractivity contribution is 9.10. The third-order valence-corrected chi connectivity index (χ3v) is 6.86. The first kappa shape index (κ1) is 19.9. The van der Waals surface area contributed by atoms with Crippen LogP contribution in [-0.4, -0.2) is 33.4 Å². The summed E-state index contributed by atoms with van der Waals surface area (Å²) in [6, 6.07) is 15.5. The Bertz CT molecular complexity index is 1080. The van der Waals surface area contributed by atoms with Crippen molar-refractivity contribution < 1.29 is 9.53 Å². The average molecular weight is 487 g/mol. The number of aliphatic imine (C=N–C) groups is 1. The van der Waals surface area contributed by atoms with Crippen LogP contribution in [0.2, 0.25) is 0 Å². The van der Waals surface area contributed by atoms with E-state index in [0.29, 0.717) is 10.9 Å². The molecule has 9 heteroatoms. The van der Waals surface area contributed by atoms with Crippen LogP contribution in [-0.2, 0) is 10.5 Å². The number of ether oxygens (including phenoxy) is 1. The maximum atomic E-state index is 12.5. The number of rotatable bonds is 4. The first-order chi connectivity index (χ1) is 14.0. The second-order valence-corrected chi connectivity index (χ2v) is 9.09. The molecule has 146 valence electrons. The molecule has 0 aromatic heterocycles. The van der Waals surface area contributed by atoms with Crippen molar-refractivity contribution >= 4 is 66.8 Å². The number of hydrazone groups is 1. The Hall–Kier alpha value is -2.36. The van der Waals surface area contributed by atoms with E-state index in [1.807, 2.05) is 30.3 Å². The first-order valence-electron chi connectivity index (χ1n) is 8.55. The van der Waals surface area contributed by atoms with Gasteiger partial charge in [-0.1, -0.05) is 48.2 Å². The van der Waals surface area contributed by atoms with Gasteiger partial charge in [0.2, 0.25) is 5.17 Å². The standard InChI is InChI=1S/C20H15BrN4O2S2/c1-27-16-8-7-13(10-15(16)21)9-14-17(22)25-19(23-18(14)26)29-20(24-25)28-11-12-5-3-2-4-6-12/h2-10,22H,11H2,1H3/b14-9-,22-17?. The summed E-state index contributed by atoms with van der Waals surface area (Å²) in [5.74, 6) is 1.04. The van der Waals surface area contributed by atoms with Crippen molar-refractivity contribution in [1.29, 1.82) is 5.41 Å². The summed E-state index contributed by atoms with van der Waals surface area (Å²) in [5, 5.41) is 14.8. The Morgan fingerprint density at radius 3 is 2.79 bits per heavy atom. The molecule has 1 amide bonds. The van der Waals surface area contributed by atoms with E-state index >= 15 is 0 Å². The smallest absolute Gasteiger partial charge is 0.283 e. The maximum Gasteiger partial charge on any atom is 0.283 e. The van der Waals surface area contributed by atoms with Gasteiger partial charge in [0, 0.05) is 5.75 Å². The summed E-state index contributed by atoms with van der Waals surface area (Å²) in [7, 11) is 1.59. The monoisotopic (exact) mass is 486 g/mol. The number of hydrogen-bond acceptors (Lipinski definition) is 6. The van der Waals surface area contributed by atoms with Crippen molar-refractivity contribution in [3.8, 4) is 5.75 Å². The van der Waals surface area contributed by atoms with Gasteiger partial charge < -0.3 is 4.74 Å². The Morgan fingerprint density at radius 2 is 2.07 bits per heavy atom. The van der Waals surface area contributed by atoms with Crippen LogP contribution in [0.15, 0.2) is 68.7 Å². The van der Waals surface area contributed by atoms with Gasteiger partial charge in [-0.2, -0.15) is 10.0 Å². The fourth-order valence-corrected chi connectivity index (χ4v) is 5.13. The number of hydrogen-bond donors (Lipinski definition) is 1. The predicted octanol–water partition coefficient (Wildman–Crippen LogP) is 4.97. The lowest BCUT2D eigenvalue weighted by atomic mass is 10.1. The number of amides is 1. The number of nitrogens with one attached hydrogen (secondary N) is 1. The fourth-order valence-electron chi connectivity index (χ4n) is 2.69. The van der Waals surface area contributed by atoms with Crippen LogP contribution in [0.3, 0.4) is 0 Å². The minimum Gasteiger partial charge on any atom is -0.496 e. The third kappa shape index (κ3) is 4.31. The zero-order valence-electron chi connectivity index (χ0n) is 15.3. The molecule has 0 unspecified atom stereocenters. The molecule has 0 saturated heterocycles. The van der Waals surface area contributed by atoms with Crippen LogP contribution in [0, 0.1) is 5.41 Å². The molecule has 0 atom stereocenters. The van der Waals surface area contributed by atoms with E-state index in [1.165, 1.54) is 22.3 Å². The maximum absolute atomic E-state index is 12.5. The average Bonchev–Trinajstić information content (AvgIpc) is 3.13. The molecule has 2 aromatic carbocycles. The number of carbonyl (C=O) groups is 1. The van der Waals surface area contributed by atoms with Crippen molar-refractivity contribution in [2.45, 2.75) is 5.75 Å². The van der Waals surface area contributed by atoms with Crippen LogP contribution >= 0.6 is 39.5 Å². The van der Waals surface area contributed by atoms with Crippen LogP contribution in [0.1, 0.15) is 11.1 Å². The van der Waals surface area contributed by atoms with Crippen LogP contribution < -0.4 is 4.74 Å². The molecule has 4 rings (SSSR count). The molecular weight excluding hydrogens is 472 g/mol. The lowest BCUT2D eigenvalue weighted by Crippen LogP contribution is -2.35. The third-order valence-electron chi connectivity index (χ3n) is 4.13. The lowest BCUT2D eigenvalue weighted by Gasteiger charge is -2.20. The number of carbonyl (C=O) groups excluding carboxylic acids is 1. The largest absolute Gasteiger partial charge is 0.496 e. The molecule has 0 spiro atoms. The Kier molecular flexibility index (Phi) is 5.89. The summed E-state index contributed by atoms with van der Waals surface area (Å²) >= 11 is 6.31. The molecule has 2 heterocycles. The Labute approximate surface area is 184 Å². The summed E-state index contributed by atoms with van der Waals surface area (Å²) in [6.07, 6.45) is 1.64.